The predicted octanol–water partition coefficient (Wildman–Crippen LogP) is 2.26. The van der Waals surface area contributed by atoms with E-state index in [9.17, 15) is 4.79 Å². The van der Waals surface area contributed by atoms with Crippen LogP contribution in [0, 0.1) is 20.8 Å². The molecule has 1 aromatic carbocycles. The van der Waals surface area contributed by atoms with Gasteiger partial charge in [0.2, 0.25) is 5.91 Å². The Hall–Kier alpha value is -1.51. The highest BCUT2D eigenvalue weighted by molar-refractivity contribution is 5.73. The van der Waals surface area contributed by atoms with E-state index in [2.05, 4.69) is 20.8 Å². The van der Waals surface area contributed by atoms with Gasteiger partial charge in [0.1, 0.15) is 5.75 Å². The van der Waals surface area contributed by atoms with Crippen molar-refractivity contribution in [1.29, 1.82) is 0 Å². The first-order valence-corrected chi connectivity index (χ1v) is 5.49. The molecular weight excluding hydrogens is 202 g/mol. The van der Waals surface area contributed by atoms with Gasteiger partial charge in [-0.25, -0.2) is 0 Å². The molecule has 0 fully saturated rings. The Balaban J connectivity index is 2.52. The lowest BCUT2D eigenvalue weighted by atomic mass is 10.0. The summed E-state index contributed by atoms with van der Waals surface area (Å²) in [6.45, 7) is 6.77. The topological polar surface area (TPSA) is 52.3 Å². The third-order valence-corrected chi connectivity index (χ3v) is 2.74. The maximum absolute atomic E-state index is 10.5. The van der Waals surface area contributed by atoms with Gasteiger partial charge < -0.3 is 10.5 Å². The number of carbonyl (C=O) groups excluding carboxylic acids is 1. The average Bonchev–Trinajstić information content (AvgIpc) is 2.20. The number of amides is 1. The molecule has 0 aliphatic carbocycles. The molecule has 0 aliphatic rings. The zero-order valence-corrected chi connectivity index (χ0v) is 10.2. The van der Waals surface area contributed by atoms with E-state index in [-0.39, 0.29) is 5.91 Å². The van der Waals surface area contributed by atoms with Gasteiger partial charge in [-0.1, -0.05) is 0 Å². The summed E-state index contributed by atoms with van der Waals surface area (Å²) in [5.41, 5.74) is 8.79. The highest BCUT2D eigenvalue weighted by atomic mass is 16.5. The lowest BCUT2D eigenvalue weighted by molar-refractivity contribution is -0.118. The van der Waals surface area contributed by atoms with Crippen LogP contribution in [-0.2, 0) is 4.79 Å². The number of primary amides is 1. The Labute approximate surface area is 96.6 Å². The number of nitrogens with two attached hydrogens (primary N) is 1. The second-order valence-corrected chi connectivity index (χ2v) is 4.10. The van der Waals surface area contributed by atoms with Crippen molar-refractivity contribution in [2.45, 2.75) is 33.6 Å². The monoisotopic (exact) mass is 221 g/mol. The second-order valence-electron chi connectivity index (χ2n) is 4.10. The summed E-state index contributed by atoms with van der Waals surface area (Å²) in [5.74, 6) is 0.588. The Kier molecular flexibility index (Phi) is 4.35. The minimum Gasteiger partial charge on any atom is -0.494 e. The highest BCUT2D eigenvalue weighted by Crippen LogP contribution is 2.21. The van der Waals surface area contributed by atoms with E-state index in [4.69, 9.17) is 10.5 Å². The fourth-order valence-corrected chi connectivity index (χ4v) is 1.52. The van der Waals surface area contributed by atoms with Crippen molar-refractivity contribution in [3.63, 3.8) is 0 Å². The average molecular weight is 221 g/mol. The molecule has 1 amide bonds. The SMILES string of the molecule is Cc1cc(OCCCC(N)=O)cc(C)c1C. The van der Waals surface area contributed by atoms with Crippen molar-refractivity contribution >= 4 is 5.91 Å². The van der Waals surface area contributed by atoms with E-state index in [0.29, 0.717) is 19.4 Å². The number of carbonyl (C=O) groups is 1. The van der Waals surface area contributed by atoms with Crippen LogP contribution < -0.4 is 10.5 Å². The maximum Gasteiger partial charge on any atom is 0.217 e. The molecule has 0 saturated carbocycles. The molecule has 0 spiro atoms. The Morgan fingerprint density at radius 3 is 2.31 bits per heavy atom. The molecule has 0 atom stereocenters. The predicted molar refractivity (Wildman–Crippen MR) is 64.6 cm³/mol. The van der Waals surface area contributed by atoms with Gasteiger partial charge in [0.15, 0.2) is 0 Å². The third kappa shape index (κ3) is 3.57. The molecule has 3 nitrogen and oxygen atoms in total. The summed E-state index contributed by atoms with van der Waals surface area (Å²) in [4.78, 5) is 10.5. The molecule has 1 aromatic rings. The molecular formula is C13H19NO2. The first-order chi connectivity index (χ1) is 7.50. The molecule has 88 valence electrons. The van der Waals surface area contributed by atoms with Crippen LogP contribution in [-0.4, -0.2) is 12.5 Å². The van der Waals surface area contributed by atoms with E-state index in [0.717, 1.165) is 5.75 Å². The van der Waals surface area contributed by atoms with Crippen molar-refractivity contribution in [2.24, 2.45) is 5.73 Å². The van der Waals surface area contributed by atoms with Crippen molar-refractivity contribution < 1.29 is 9.53 Å². The standard InChI is InChI=1S/C13H19NO2/c1-9-7-12(8-10(2)11(9)3)16-6-4-5-13(14)15/h7-8H,4-6H2,1-3H3,(H2,14,15). The van der Waals surface area contributed by atoms with Gasteiger partial charge >= 0.3 is 0 Å². The van der Waals surface area contributed by atoms with Gasteiger partial charge in [-0.3, -0.25) is 4.79 Å². The van der Waals surface area contributed by atoms with Crippen LogP contribution in [0.25, 0.3) is 0 Å². The van der Waals surface area contributed by atoms with Crippen LogP contribution in [0.2, 0.25) is 0 Å². The van der Waals surface area contributed by atoms with E-state index >= 15 is 0 Å². The first-order valence-electron chi connectivity index (χ1n) is 5.49. The summed E-state index contributed by atoms with van der Waals surface area (Å²) in [5, 5.41) is 0. The molecule has 0 unspecified atom stereocenters. The molecule has 16 heavy (non-hydrogen) atoms. The Morgan fingerprint density at radius 1 is 1.25 bits per heavy atom. The second kappa shape index (κ2) is 5.54. The number of benzene rings is 1. The fraction of sp³-hybridized carbons (Fsp3) is 0.462. The molecule has 0 aromatic heterocycles. The number of hydrogen-bond donors (Lipinski definition) is 1. The van der Waals surface area contributed by atoms with Crippen molar-refractivity contribution in [3.8, 4) is 5.75 Å². The quantitative estimate of drug-likeness (QED) is 0.775. The summed E-state index contributed by atoms with van der Waals surface area (Å²) in [6, 6.07) is 4.04. The zero-order chi connectivity index (χ0) is 12.1. The van der Waals surface area contributed by atoms with Gasteiger partial charge in [0.05, 0.1) is 6.61 Å². The minimum atomic E-state index is -0.278. The number of aryl methyl sites for hydroxylation is 2. The summed E-state index contributed by atoms with van der Waals surface area (Å²) in [6.07, 6.45) is 1.05. The summed E-state index contributed by atoms with van der Waals surface area (Å²) < 4.78 is 5.57. The molecule has 1 rings (SSSR count). The molecule has 0 radical (unpaired) electrons. The number of ether oxygens (including phenoxy) is 1. The lowest BCUT2D eigenvalue weighted by Gasteiger charge is -2.10. The lowest BCUT2D eigenvalue weighted by Crippen LogP contribution is -2.11. The molecule has 2 N–H and O–H groups in total. The molecule has 0 aliphatic heterocycles. The first kappa shape index (κ1) is 12.6. The van der Waals surface area contributed by atoms with Crippen LogP contribution in [0.5, 0.6) is 5.75 Å². The molecule has 0 saturated heterocycles. The van der Waals surface area contributed by atoms with Crippen LogP contribution >= 0.6 is 0 Å². The Bertz CT molecular complexity index is 363. The van der Waals surface area contributed by atoms with Crippen molar-refractivity contribution in [1.82, 2.24) is 0 Å². The molecule has 0 bridgehead atoms. The maximum atomic E-state index is 10.5. The summed E-state index contributed by atoms with van der Waals surface area (Å²) >= 11 is 0. The van der Waals surface area contributed by atoms with Gasteiger partial charge in [-0.15, -0.1) is 0 Å². The van der Waals surface area contributed by atoms with Crippen molar-refractivity contribution in [3.05, 3.63) is 28.8 Å². The van der Waals surface area contributed by atoms with E-state index in [1.807, 2.05) is 12.1 Å². The van der Waals surface area contributed by atoms with Gasteiger partial charge in [0.25, 0.3) is 0 Å². The zero-order valence-electron chi connectivity index (χ0n) is 10.2. The Morgan fingerprint density at radius 2 is 1.81 bits per heavy atom. The van der Waals surface area contributed by atoms with E-state index in [1.165, 1.54) is 16.7 Å². The summed E-state index contributed by atoms with van der Waals surface area (Å²) in [7, 11) is 0. The number of rotatable bonds is 5. The van der Waals surface area contributed by atoms with Gasteiger partial charge in [-0.2, -0.15) is 0 Å². The van der Waals surface area contributed by atoms with Crippen molar-refractivity contribution in [2.75, 3.05) is 6.61 Å². The van der Waals surface area contributed by atoms with Gasteiger partial charge in [-0.05, 0) is 56.0 Å². The minimum absolute atomic E-state index is 0.278. The molecule has 0 heterocycles. The number of hydrogen-bond acceptors (Lipinski definition) is 2. The fourth-order valence-electron chi connectivity index (χ4n) is 1.52. The highest BCUT2D eigenvalue weighted by Gasteiger charge is 2.02. The normalized spacial score (nSPS) is 10.2. The van der Waals surface area contributed by atoms with Crippen LogP contribution in [0.15, 0.2) is 12.1 Å². The van der Waals surface area contributed by atoms with E-state index in [1.54, 1.807) is 0 Å². The largest absolute Gasteiger partial charge is 0.494 e. The van der Waals surface area contributed by atoms with Crippen LogP contribution in [0.3, 0.4) is 0 Å². The van der Waals surface area contributed by atoms with Crippen LogP contribution in [0.1, 0.15) is 29.5 Å². The third-order valence-electron chi connectivity index (χ3n) is 2.74. The van der Waals surface area contributed by atoms with Gasteiger partial charge in [0, 0.05) is 6.42 Å². The van der Waals surface area contributed by atoms with Crippen LogP contribution in [0.4, 0.5) is 0 Å². The smallest absolute Gasteiger partial charge is 0.217 e. The molecule has 3 heteroatoms. The van der Waals surface area contributed by atoms with E-state index < -0.39 is 0 Å².